The maximum atomic E-state index is 13.5. The van der Waals surface area contributed by atoms with Crippen molar-refractivity contribution < 1.29 is 18.3 Å². The fraction of sp³-hybridized carbons (Fsp3) is 0.0526. The summed E-state index contributed by atoms with van der Waals surface area (Å²) in [5, 5.41) is 4.80. The van der Waals surface area contributed by atoms with Crippen molar-refractivity contribution in [2.45, 2.75) is 6.92 Å². The predicted molar refractivity (Wildman–Crippen MR) is 94.5 cm³/mol. The molecule has 2 N–H and O–H groups in total. The van der Waals surface area contributed by atoms with Crippen LogP contribution in [0.25, 0.3) is 0 Å². The summed E-state index contributed by atoms with van der Waals surface area (Å²) in [5.74, 6) is -0.526. The van der Waals surface area contributed by atoms with Crippen molar-refractivity contribution >= 4 is 17.4 Å². The first kappa shape index (κ1) is 17.3. The number of benzene rings is 2. The second kappa shape index (κ2) is 7.60. The van der Waals surface area contributed by atoms with E-state index in [4.69, 9.17) is 4.74 Å². The minimum Gasteiger partial charge on any atom is -0.439 e. The van der Waals surface area contributed by atoms with Crippen LogP contribution in [0.5, 0.6) is 11.6 Å². The van der Waals surface area contributed by atoms with Crippen molar-refractivity contribution in [2.24, 2.45) is 0 Å². The lowest BCUT2D eigenvalue weighted by molar-refractivity contribution is 0.262. The number of nitrogens with one attached hydrogen (secondary N) is 2. The number of anilines is 2. The molecule has 2 aromatic carbocycles. The second-order valence-electron chi connectivity index (χ2n) is 5.46. The lowest BCUT2D eigenvalue weighted by atomic mass is 10.2. The van der Waals surface area contributed by atoms with Crippen molar-refractivity contribution in [3.05, 3.63) is 78.0 Å². The summed E-state index contributed by atoms with van der Waals surface area (Å²) in [6, 6.07) is 12.9. The van der Waals surface area contributed by atoms with Gasteiger partial charge in [0, 0.05) is 12.1 Å². The third-order valence-corrected chi connectivity index (χ3v) is 3.48. The smallest absolute Gasteiger partial charge is 0.323 e. The highest BCUT2D eigenvalue weighted by Crippen LogP contribution is 2.23. The largest absolute Gasteiger partial charge is 0.439 e. The summed E-state index contributed by atoms with van der Waals surface area (Å²) >= 11 is 0. The highest BCUT2D eigenvalue weighted by Gasteiger charge is 2.09. The van der Waals surface area contributed by atoms with Crippen molar-refractivity contribution in [2.75, 3.05) is 10.6 Å². The van der Waals surface area contributed by atoms with Crippen LogP contribution in [0.4, 0.5) is 25.0 Å². The van der Waals surface area contributed by atoms with Gasteiger partial charge in [0.05, 0.1) is 17.6 Å². The van der Waals surface area contributed by atoms with Crippen LogP contribution in [0.1, 0.15) is 5.56 Å². The van der Waals surface area contributed by atoms with E-state index in [-0.39, 0.29) is 5.69 Å². The Hall–Kier alpha value is -3.48. The van der Waals surface area contributed by atoms with Gasteiger partial charge in [-0.2, -0.15) is 0 Å². The molecule has 0 fully saturated rings. The summed E-state index contributed by atoms with van der Waals surface area (Å²) in [6.45, 7) is 1.92. The maximum Gasteiger partial charge on any atom is 0.323 e. The Morgan fingerprint density at radius 2 is 1.85 bits per heavy atom. The number of aryl methyl sites for hydroxylation is 1. The van der Waals surface area contributed by atoms with E-state index >= 15 is 0 Å². The highest BCUT2D eigenvalue weighted by atomic mass is 19.1. The van der Waals surface area contributed by atoms with Crippen LogP contribution in [0.2, 0.25) is 0 Å². The fourth-order valence-corrected chi connectivity index (χ4v) is 2.17. The molecule has 26 heavy (non-hydrogen) atoms. The average Bonchev–Trinajstić information content (AvgIpc) is 2.61. The summed E-state index contributed by atoms with van der Waals surface area (Å²) < 4.78 is 32.1. The van der Waals surface area contributed by atoms with Crippen LogP contribution < -0.4 is 15.4 Å². The van der Waals surface area contributed by atoms with Crippen molar-refractivity contribution in [3.8, 4) is 11.6 Å². The zero-order chi connectivity index (χ0) is 18.5. The molecular formula is C19H15F2N3O2. The number of rotatable bonds is 4. The number of nitrogens with zero attached hydrogens (tertiary/aromatic N) is 1. The number of amides is 2. The van der Waals surface area contributed by atoms with Gasteiger partial charge in [-0.3, -0.25) is 0 Å². The van der Waals surface area contributed by atoms with Gasteiger partial charge in [0.1, 0.15) is 17.4 Å². The summed E-state index contributed by atoms with van der Waals surface area (Å²) in [4.78, 5) is 16.0. The molecule has 0 bridgehead atoms. The highest BCUT2D eigenvalue weighted by molar-refractivity contribution is 5.99. The van der Waals surface area contributed by atoms with Crippen LogP contribution >= 0.6 is 0 Å². The zero-order valence-electron chi connectivity index (χ0n) is 13.8. The van der Waals surface area contributed by atoms with Gasteiger partial charge in [-0.15, -0.1) is 0 Å². The minimum absolute atomic E-state index is 0.128. The Bertz CT molecular complexity index is 930. The molecule has 0 aliphatic carbocycles. The van der Waals surface area contributed by atoms with Gasteiger partial charge in [0.2, 0.25) is 5.88 Å². The Morgan fingerprint density at radius 3 is 2.54 bits per heavy atom. The lowest BCUT2D eigenvalue weighted by Gasteiger charge is -2.10. The van der Waals surface area contributed by atoms with Crippen LogP contribution in [0.3, 0.4) is 0 Å². The topological polar surface area (TPSA) is 63.2 Å². The molecule has 2 amide bonds. The Balaban J connectivity index is 1.62. The van der Waals surface area contributed by atoms with Gasteiger partial charge in [0.25, 0.3) is 0 Å². The lowest BCUT2D eigenvalue weighted by Crippen LogP contribution is -2.20. The Morgan fingerprint density at radius 1 is 1.04 bits per heavy atom. The van der Waals surface area contributed by atoms with Crippen LogP contribution in [-0.4, -0.2) is 11.0 Å². The number of urea groups is 1. The standard InChI is InChI=1S/C19H15F2N3O2/c1-12-4-2-3-5-17(12)26-18-9-7-14(11-22-18)23-19(25)24-16-8-6-13(20)10-15(16)21/h2-11H,1H3,(H2,23,24,25). The first-order chi connectivity index (χ1) is 12.5. The molecule has 0 aliphatic heterocycles. The predicted octanol–water partition coefficient (Wildman–Crippen LogP) is 5.10. The van der Waals surface area contributed by atoms with Crippen molar-refractivity contribution in [1.82, 2.24) is 4.98 Å². The number of carbonyl (C=O) groups excluding carboxylic acids is 1. The number of pyridine rings is 1. The molecule has 1 heterocycles. The summed E-state index contributed by atoms with van der Waals surface area (Å²) in [7, 11) is 0. The van der Waals surface area contributed by atoms with Crippen LogP contribution in [0, 0.1) is 18.6 Å². The molecule has 5 nitrogen and oxygen atoms in total. The molecule has 132 valence electrons. The number of para-hydroxylation sites is 1. The third-order valence-electron chi connectivity index (χ3n) is 3.48. The number of carbonyl (C=O) groups is 1. The van der Waals surface area contributed by atoms with E-state index in [1.165, 1.54) is 6.20 Å². The van der Waals surface area contributed by atoms with E-state index < -0.39 is 17.7 Å². The van der Waals surface area contributed by atoms with Gasteiger partial charge in [-0.25, -0.2) is 18.6 Å². The number of halogens is 2. The van der Waals surface area contributed by atoms with Crippen LogP contribution in [-0.2, 0) is 0 Å². The number of hydrogen-bond acceptors (Lipinski definition) is 3. The van der Waals surface area contributed by atoms with Gasteiger partial charge in [0.15, 0.2) is 0 Å². The van der Waals surface area contributed by atoms with Gasteiger partial charge < -0.3 is 15.4 Å². The number of aromatic nitrogens is 1. The Kier molecular flexibility index (Phi) is 5.07. The van der Waals surface area contributed by atoms with Crippen molar-refractivity contribution in [1.29, 1.82) is 0 Å². The molecule has 0 radical (unpaired) electrons. The zero-order valence-corrected chi connectivity index (χ0v) is 13.8. The average molecular weight is 355 g/mol. The van der Waals surface area contributed by atoms with E-state index in [9.17, 15) is 13.6 Å². The minimum atomic E-state index is -0.861. The quantitative estimate of drug-likeness (QED) is 0.684. The first-order valence-electron chi connectivity index (χ1n) is 7.74. The molecule has 0 aliphatic rings. The monoisotopic (exact) mass is 355 g/mol. The van der Waals surface area contributed by atoms with Gasteiger partial charge in [-0.05, 0) is 36.8 Å². The van der Waals surface area contributed by atoms with E-state index in [0.29, 0.717) is 23.4 Å². The Labute approximate surface area is 148 Å². The molecular weight excluding hydrogens is 340 g/mol. The third kappa shape index (κ3) is 4.32. The van der Waals surface area contributed by atoms with Crippen LogP contribution in [0.15, 0.2) is 60.8 Å². The summed E-state index contributed by atoms with van der Waals surface area (Å²) in [5.41, 5.74) is 1.23. The molecule has 0 spiro atoms. The number of ether oxygens (including phenoxy) is 1. The van der Waals surface area contributed by atoms with Gasteiger partial charge in [-0.1, -0.05) is 18.2 Å². The summed E-state index contributed by atoms with van der Waals surface area (Å²) in [6.07, 6.45) is 1.41. The van der Waals surface area contributed by atoms with Crippen molar-refractivity contribution in [3.63, 3.8) is 0 Å². The second-order valence-corrected chi connectivity index (χ2v) is 5.46. The molecule has 7 heteroatoms. The SMILES string of the molecule is Cc1ccccc1Oc1ccc(NC(=O)Nc2ccc(F)cc2F)cn1. The fourth-order valence-electron chi connectivity index (χ4n) is 2.17. The molecule has 1 aromatic heterocycles. The molecule has 0 saturated heterocycles. The molecule has 0 unspecified atom stereocenters. The number of hydrogen-bond donors (Lipinski definition) is 2. The van der Waals surface area contributed by atoms with E-state index in [1.807, 2.05) is 31.2 Å². The van der Waals surface area contributed by atoms with E-state index in [1.54, 1.807) is 12.1 Å². The van der Waals surface area contributed by atoms with E-state index in [0.717, 1.165) is 17.7 Å². The molecule has 3 aromatic rings. The van der Waals surface area contributed by atoms with Gasteiger partial charge >= 0.3 is 6.03 Å². The van der Waals surface area contributed by atoms with E-state index in [2.05, 4.69) is 15.6 Å². The molecule has 3 rings (SSSR count). The molecule has 0 saturated carbocycles. The molecule has 0 atom stereocenters. The first-order valence-corrected chi connectivity index (χ1v) is 7.74. The normalized spacial score (nSPS) is 10.3. The maximum absolute atomic E-state index is 13.5.